The molecule has 0 fully saturated rings. The van der Waals surface area contributed by atoms with Crippen LogP contribution in [0.25, 0.3) is 0 Å². The highest BCUT2D eigenvalue weighted by atomic mass is 16.1. The van der Waals surface area contributed by atoms with Gasteiger partial charge in [-0.3, -0.25) is 9.78 Å². The fraction of sp³-hybridized carbons (Fsp3) is 0.462. The maximum atomic E-state index is 12.0. The van der Waals surface area contributed by atoms with Crippen molar-refractivity contribution in [3.05, 3.63) is 30.2 Å². The molecule has 21 heavy (non-hydrogen) atoms. The van der Waals surface area contributed by atoms with E-state index in [1.165, 1.54) is 6.20 Å². The van der Waals surface area contributed by atoms with E-state index in [0.717, 1.165) is 18.8 Å². The lowest BCUT2D eigenvalue weighted by Gasteiger charge is -2.06. The van der Waals surface area contributed by atoms with Crippen molar-refractivity contribution in [1.29, 1.82) is 0 Å². The van der Waals surface area contributed by atoms with Crippen molar-refractivity contribution >= 4 is 11.7 Å². The maximum Gasteiger partial charge on any atom is 0.271 e. The number of amides is 1. The molecule has 0 spiro atoms. The van der Waals surface area contributed by atoms with Crippen LogP contribution in [0.15, 0.2) is 18.7 Å². The van der Waals surface area contributed by atoms with Gasteiger partial charge in [0.2, 0.25) is 0 Å². The molecule has 112 valence electrons. The lowest BCUT2D eigenvalue weighted by molar-refractivity contribution is 0.0948. The minimum absolute atomic E-state index is 0.246. The van der Waals surface area contributed by atoms with Gasteiger partial charge >= 0.3 is 0 Å². The molecule has 0 aliphatic carbocycles. The number of rotatable bonds is 7. The van der Waals surface area contributed by atoms with E-state index < -0.39 is 0 Å². The van der Waals surface area contributed by atoms with E-state index in [4.69, 9.17) is 0 Å². The van der Waals surface area contributed by atoms with Gasteiger partial charge in [0.1, 0.15) is 23.7 Å². The molecule has 2 aromatic heterocycles. The Morgan fingerprint density at radius 2 is 2.19 bits per heavy atom. The van der Waals surface area contributed by atoms with Gasteiger partial charge in [-0.1, -0.05) is 6.92 Å². The Morgan fingerprint density at radius 1 is 1.33 bits per heavy atom. The number of nitrogens with zero attached hydrogens (tertiary/aromatic N) is 5. The molecule has 0 unspecified atom stereocenters. The first-order valence-electron chi connectivity index (χ1n) is 6.87. The Labute approximate surface area is 123 Å². The Kier molecular flexibility index (Phi) is 5.19. The van der Waals surface area contributed by atoms with Crippen LogP contribution in [0, 0.1) is 0 Å². The number of carbonyl (C=O) groups excluding carboxylic acids is 1. The van der Waals surface area contributed by atoms with Gasteiger partial charge in [0.05, 0.1) is 12.4 Å². The third kappa shape index (κ3) is 4.23. The van der Waals surface area contributed by atoms with Crippen molar-refractivity contribution in [1.82, 2.24) is 30.0 Å². The molecule has 0 bridgehead atoms. The molecule has 0 atom stereocenters. The van der Waals surface area contributed by atoms with Crippen LogP contribution in [0.4, 0.5) is 5.82 Å². The maximum absolute atomic E-state index is 12.0. The summed E-state index contributed by atoms with van der Waals surface area (Å²) >= 11 is 0. The van der Waals surface area contributed by atoms with E-state index >= 15 is 0 Å². The molecular formula is C13H19N7O. The molecule has 2 heterocycles. The third-order valence-corrected chi connectivity index (χ3v) is 2.86. The molecule has 2 rings (SSSR count). The normalized spacial score (nSPS) is 10.4. The number of hydrogen-bond donors (Lipinski definition) is 2. The Bertz CT molecular complexity index is 596. The van der Waals surface area contributed by atoms with E-state index in [0.29, 0.717) is 24.5 Å². The van der Waals surface area contributed by atoms with Gasteiger partial charge in [-0.25, -0.2) is 4.98 Å². The fourth-order valence-electron chi connectivity index (χ4n) is 1.73. The van der Waals surface area contributed by atoms with Crippen LogP contribution in [-0.4, -0.2) is 43.7 Å². The van der Waals surface area contributed by atoms with Crippen LogP contribution in [0.3, 0.4) is 0 Å². The summed E-state index contributed by atoms with van der Waals surface area (Å²) in [5, 5.41) is 13.6. The largest absolute Gasteiger partial charge is 0.369 e. The predicted octanol–water partition coefficient (Wildman–Crippen LogP) is 0.399. The van der Waals surface area contributed by atoms with Crippen molar-refractivity contribution in [3.8, 4) is 0 Å². The number of anilines is 1. The number of hydrogen-bond acceptors (Lipinski definition) is 6. The monoisotopic (exact) mass is 289 g/mol. The molecule has 2 aromatic rings. The zero-order valence-corrected chi connectivity index (χ0v) is 12.2. The number of aryl methyl sites for hydroxylation is 1. The molecule has 8 heteroatoms. The summed E-state index contributed by atoms with van der Waals surface area (Å²) in [5.41, 5.74) is 0.300. The topological polar surface area (TPSA) is 97.6 Å². The highest BCUT2D eigenvalue weighted by Crippen LogP contribution is 2.02. The summed E-state index contributed by atoms with van der Waals surface area (Å²) in [4.78, 5) is 20.2. The van der Waals surface area contributed by atoms with Crippen LogP contribution in [0.2, 0.25) is 0 Å². The third-order valence-electron chi connectivity index (χ3n) is 2.86. The molecular weight excluding hydrogens is 270 g/mol. The van der Waals surface area contributed by atoms with Crippen LogP contribution >= 0.6 is 0 Å². The smallest absolute Gasteiger partial charge is 0.271 e. The van der Waals surface area contributed by atoms with Crippen LogP contribution < -0.4 is 10.6 Å². The van der Waals surface area contributed by atoms with Crippen molar-refractivity contribution in [3.63, 3.8) is 0 Å². The second-order valence-electron chi connectivity index (χ2n) is 4.58. The Morgan fingerprint density at radius 3 is 2.90 bits per heavy atom. The highest BCUT2D eigenvalue weighted by molar-refractivity contribution is 5.92. The molecule has 0 saturated heterocycles. The van der Waals surface area contributed by atoms with Gasteiger partial charge < -0.3 is 15.2 Å². The molecule has 0 aliphatic heterocycles. The lowest BCUT2D eigenvalue weighted by atomic mass is 10.3. The molecule has 2 N–H and O–H groups in total. The van der Waals surface area contributed by atoms with E-state index in [1.807, 2.05) is 11.6 Å². The summed E-state index contributed by atoms with van der Waals surface area (Å²) in [6.45, 7) is 3.33. The summed E-state index contributed by atoms with van der Waals surface area (Å²) in [5.74, 6) is 1.18. The summed E-state index contributed by atoms with van der Waals surface area (Å²) in [7, 11) is 1.87. The average molecular weight is 289 g/mol. The van der Waals surface area contributed by atoms with Gasteiger partial charge in [0.25, 0.3) is 5.91 Å². The van der Waals surface area contributed by atoms with Crippen molar-refractivity contribution in [2.45, 2.75) is 19.8 Å². The minimum Gasteiger partial charge on any atom is -0.369 e. The van der Waals surface area contributed by atoms with E-state index in [-0.39, 0.29) is 5.91 Å². The number of carbonyl (C=O) groups is 1. The van der Waals surface area contributed by atoms with Crippen molar-refractivity contribution in [2.75, 3.05) is 18.4 Å². The summed E-state index contributed by atoms with van der Waals surface area (Å²) in [6, 6.07) is 0. The van der Waals surface area contributed by atoms with Crippen LogP contribution in [-0.2, 0) is 13.5 Å². The Balaban J connectivity index is 1.86. The zero-order valence-electron chi connectivity index (χ0n) is 12.2. The first-order valence-corrected chi connectivity index (χ1v) is 6.87. The van der Waals surface area contributed by atoms with Gasteiger partial charge in [0.15, 0.2) is 0 Å². The second kappa shape index (κ2) is 7.32. The van der Waals surface area contributed by atoms with Crippen molar-refractivity contribution < 1.29 is 4.79 Å². The molecule has 8 nitrogen and oxygen atoms in total. The second-order valence-corrected chi connectivity index (χ2v) is 4.58. The fourth-order valence-corrected chi connectivity index (χ4v) is 1.73. The van der Waals surface area contributed by atoms with Crippen LogP contribution in [0.5, 0.6) is 0 Å². The first kappa shape index (κ1) is 14.9. The van der Waals surface area contributed by atoms with Gasteiger partial charge in [-0.15, -0.1) is 10.2 Å². The van der Waals surface area contributed by atoms with Crippen LogP contribution in [0.1, 0.15) is 29.7 Å². The van der Waals surface area contributed by atoms with Crippen molar-refractivity contribution in [2.24, 2.45) is 7.05 Å². The molecule has 0 aromatic carbocycles. The van der Waals surface area contributed by atoms with E-state index in [1.54, 1.807) is 12.5 Å². The summed E-state index contributed by atoms with van der Waals surface area (Å²) < 4.78 is 1.82. The predicted molar refractivity (Wildman–Crippen MR) is 77.9 cm³/mol. The molecule has 1 amide bonds. The quantitative estimate of drug-likeness (QED) is 0.765. The first-order chi connectivity index (χ1) is 10.2. The minimum atomic E-state index is -0.246. The highest BCUT2D eigenvalue weighted by Gasteiger charge is 2.09. The lowest BCUT2D eigenvalue weighted by Crippen LogP contribution is -2.27. The molecule has 0 saturated carbocycles. The van der Waals surface area contributed by atoms with Gasteiger partial charge in [-0.05, 0) is 6.42 Å². The average Bonchev–Trinajstić information content (AvgIpc) is 2.91. The van der Waals surface area contributed by atoms with Gasteiger partial charge in [-0.2, -0.15) is 0 Å². The van der Waals surface area contributed by atoms with Gasteiger partial charge in [0, 0.05) is 26.6 Å². The number of aromatic nitrogens is 5. The standard InChI is InChI=1S/C13H19N7O/c1-3-5-15-11-8-14-7-10(18-11)13(21)16-6-4-12-19-17-9-20(12)2/h7-9H,3-6H2,1-2H3,(H,15,18)(H,16,21). The Hall–Kier alpha value is -2.51. The number of nitrogens with one attached hydrogen (secondary N) is 2. The van der Waals surface area contributed by atoms with E-state index in [9.17, 15) is 4.79 Å². The zero-order chi connectivity index (χ0) is 15.1. The summed E-state index contributed by atoms with van der Waals surface area (Å²) in [6.07, 6.45) is 6.28. The molecule has 0 aliphatic rings. The SMILES string of the molecule is CCCNc1cncc(C(=O)NCCc2nncn2C)n1. The molecule has 0 radical (unpaired) electrons. The van der Waals surface area contributed by atoms with E-state index in [2.05, 4.69) is 37.7 Å².